The predicted molar refractivity (Wildman–Crippen MR) is 74.3 cm³/mol. The summed E-state index contributed by atoms with van der Waals surface area (Å²) in [4.78, 5) is 13.8. The van der Waals surface area contributed by atoms with E-state index in [1.165, 1.54) is 0 Å². The topological polar surface area (TPSA) is 46.3 Å². The molecule has 1 fully saturated rings. The Bertz CT molecular complexity index is 484. The summed E-state index contributed by atoms with van der Waals surface area (Å²) >= 11 is 5.93. The van der Waals surface area contributed by atoms with Crippen LogP contribution < -0.4 is 5.73 Å². The van der Waals surface area contributed by atoms with Crippen LogP contribution >= 0.6 is 11.6 Å². The first-order valence-electron chi connectivity index (χ1n) is 6.05. The molecule has 0 aliphatic carbocycles. The van der Waals surface area contributed by atoms with Crippen molar-refractivity contribution in [3.05, 3.63) is 40.9 Å². The molecule has 2 rings (SSSR count). The molecule has 1 aromatic carbocycles. The highest BCUT2D eigenvalue weighted by atomic mass is 35.5. The molecule has 0 spiro atoms. The Hall–Kier alpha value is -1.32. The average molecular weight is 265 g/mol. The van der Waals surface area contributed by atoms with Crippen LogP contribution in [-0.2, 0) is 4.79 Å². The largest absolute Gasteiger partial charge is 0.338 e. The molecule has 1 atom stereocenters. The average Bonchev–Trinajstić information content (AvgIpc) is 2.76. The van der Waals surface area contributed by atoms with Gasteiger partial charge < -0.3 is 10.6 Å². The van der Waals surface area contributed by atoms with Crippen LogP contribution in [0.15, 0.2) is 30.3 Å². The van der Waals surface area contributed by atoms with Crippen molar-refractivity contribution in [3.8, 4) is 0 Å². The molecular formula is C14H17ClN2O. The number of allylic oxidation sites excluding steroid dienone is 1. The van der Waals surface area contributed by atoms with Gasteiger partial charge in [-0.3, -0.25) is 4.79 Å². The van der Waals surface area contributed by atoms with E-state index >= 15 is 0 Å². The van der Waals surface area contributed by atoms with Gasteiger partial charge in [-0.2, -0.15) is 0 Å². The third kappa shape index (κ3) is 3.12. The Balaban J connectivity index is 2.10. The van der Waals surface area contributed by atoms with Crippen LogP contribution in [0.3, 0.4) is 0 Å². The summed E-state index contributed by atoms with van der Waals surface area (Å²) in [6.07, 6.45) is 2.54. The maximum Gasteiger partial charge on any atom is 0.246 e. The molecule has 0 saturated carbocycles. The number of nitrogens with two attached hydrogens (primary N) is 1. The van der Waals surface area contributed by atoms with E-state index in [9.17, 15) is 4.79 Å². The first kappa shape index (κ1) is 13.1. The molecule has 1 aliphatic rings. The molecule has 3 nitrogen and oxygen atoms in total. The van der Waals surface area contributed by atoms with E-state index in [4.69, 9.17) is 17.3 Å². The lowest BCUT2D eigenvalue weighted by Crippen LogP contribution is -2.30. The molecule has 96 valence electrons. The summed E-state index contributed by atoms with van der Waals surface area (Å²) < 4.78 is 0. The van der Waals surface area contributed by atoms with E-state index < -0.39 is 0 Å². The minimum absolute atomic E-state index is 0.0282. The fraction of sp³-hybridized carbons (Fsp3) is 0.357. The quantitative estimate of drug-likeness (QED) is 0.834. The monoisotopic (exact) mass is 264 g/mol. The Labute approximate surface area is 112 Å². The normalized spacial score (nSPS) is 20.3. The number of hydrogen-bond donors (Lipinski definition) is 1. The smallest absolute Gasteiger partial charge is 0.246 e. The summed E-state index contributed by atoms with van der Waals surface area (Å²) in [5.41, 5.74) is 7.68. The van der Waals surface area contributed by atoms with Crippen molar-refractivity contribution >= 4 is 23.1 Å². The van der Waals surface area contributed by atoms with Gasteiger partial charge in [-0.15, -0.1) is 0 Å². The summed E-state index contributed by atoms with van der Waals surface area (Å²) in [6, 6.07) is 7.62. The first-order chi connectivity index (χ1) is 8.56. The van der Waals surface area contributed by atoms with Gasteiger partial charge in [-0.05, 0) is 36.6 Å². The van der Waals surface area contributed by atoms with E-state index in [0.29, 0.717) is 11.6 Å². The zero-order chi connectivity index (χ0) is 13.1. The molecule has 1 amide bonds. The van der Waals surface area contributed by atoms with Gasteiger partial charge in [-0.25, -0.2) is 0 Å². The number of benzene rings is 1. The number of likely N-dealkylation sites (tertiary alicyclic amines) is 1. The molecule has 0 aromatic heterocycles. The molecule has 1 aliphatic heterocycles. The van der Waals surface area contributed by atoms with Crippen molar-refractivity contribution in [3.63, 3.8) is 0 Å². The number of hydrogen-bond acceptors (Lipinski definition) is 2. The van der Waals surface area contributed by atoms with Crippen molar-refractivity contribution in [1.82, 2.24) is 4.90 Å². The fourth-order valence-electron chi connectivity index (χ4n) is 2.08. The Morgan fingerprint density at radius 2 is 2.33 bits per heavy atom. The highest BCUT2D eigenvalue weighted by Crippen LogP contribution is 2.19. The lowest BCUT2D eigenvalue weighted by molar-refractivity contribution is -0.125. The van der Waals surface area contributed by atoms with Gasteiger partial charge in [0, 0.05) is 30.2 Å². The van der Waals surface area contributed by atoms with Crippen LogP contribution in [0, 0.1) is 0 Å². The van der Waals surface area contributed by atoms with Crippen molar-refractivity contribution in [2.45, 2.75) is 19.4 Å². The number of amides is 1. The fourth-order valence-corrected chi connectivity index (χ4v) is 2.27. The molecule has 18 heavy (non-hydrogen) atoms. The first-order valence-corrected chi connectivity index (χ1v) is 6.43. The number of carbonyl (C=O) groups excluding carboxylic acids is 1. The van der Waals surface area contributed by atoms with Crippen LogP contribution in [0.5, 0.6) is 0 Å². The Kier molecular flexibility index (Phi) is 4.04. The molecule has 1 heterocycles. The van der Waals surface area contributed by atoms with Gasteiger partial charge in [0.15, 0.2) is 0 Å². The minimum Gasteiger partial charge on any atom is -0.338 e. The molecular weight excluding hydrogens is 248 g/mol. The van der Waals surface area contributed by atoms with Gasteiger partial charge in [0.05, 0.1) is 0 Å². The lowest BCUT2D eigenvalue weighted by Gasteiger charge is -2.13. The maximum atomic E-state index is 12.0. The Morgan fingerprint density at radius 3 is 2.94 bits per heavy atom. The van der Waals surface area contributed by atoms with Crippen molar-refractivity contribution < 1.29 is 4.79 Å². The van der Waals surface area contributed by atoms with E-state index in [1.807, 2.05) is 31.2 Å². The second-order valence-electron chi connectivity index (χ2n) is 4.67. The minimum atomic E-state index is 0.0282. The van der Waals surface area contributed by atoms with Crippen LogP contribution in [0.1, 0.15) is 18.9 Å². The Morgan fingerprint density at radius 1 is 1.56 bits per heavy atom. The van der Waals surface area contributed by atoms with Gasteiger partial charge in [0.1, 0.15) is 0 Å². The van der Waals surface area contributed by atoms with E-state index in [1.54, 1.807) is 11.0 Å². The van der Waals surface area contributed by atoms with Gasteiger partial charge >= 0.3 is 0 Å². The number of rotatable bonds is 2. The number of halogens is 1. The van der Waals surface area contributed by atoms with Gasteiger partial charge in [0.2, 0.25) is 5.91 Å². The van der Waals surface area contributed by atoms with Crippen molar-refractivity contribution in [2.24, 2.45) is 5.73 Å². The van der Waals surface area contributed by atoms with Crippen LogP contribution in [0.25, 0.3) is 5.57 Å². The standard InChI is InChI=1S/C14H17ClN2O/c1-10(11-3-2-4-12(15)8-11)7-14(18)17-6-5-13(16)9-17/h2-4,7-8,13H,5-6,9,16H2,1H3/b10-7-/t13-/m1/s1. The van der Waals surface area contributed by atoms with Crippen LogP contribution in [0.4, 0.5) is 0 Å². The maximum absolute atomic E-state index is 12.0. The summed E-state index contributed by atoms with van der Waals surface area (Å²) in [5, 5.41) is 0.677. The van der Waals surface area contributed by atoms with Gasteiger partial charge in [0.25, 0.3) is 0 Å². The molecule has 0 radical (unpaired) electrons. The molecule has 2 N–H and O–H groups in total. The van der Waals surface area contributed by atoms with E-state index in [-0.39, 0.29) is 11.9 Å². The van der Waals surface area contributed by atoms with Crippen molar-refractivity contribution in [2.75, 3.05) is 13.1 Å². The summed E-state index contributed by atoms with van der Waals surface area (Å²) in [6.45, 7) is 3.32. The lowest BCUT2D eigenvalue weighted by atomic mass is 10.1. The van der Waals surface area contributed by atoms with E-state index in [0.717, 1.165) is 24.1 Å². The number of nitrogens with zero attached hydrogens (tertiary/aromatic N) is 1. The summed E-state index contributed by atoms with van der Waals surface area (Å²) in [5.74, 6) is 0.0282. The molecule has 1 aromatic rings. The SMILES string of the molecule is C/C(=C/C(=O)N1CC[C@@H](N)C1)c1cccc(Cl)c1. The number of carbonyl (C=O) groups is 1. The highest BCUT2D eigenvalue weighted by Gasteiger charge is 2.22. The molecule has 1 saturated heterocycles. The molecule has 0 unspecified atom stereocenters. The van der Waals surface area contributed by atoms with Crippen LogP contribution in [-0.4, -0.2) is 29.9 Å². The van der Waals surface area contributed by atoms with Crippen molar-refractivity contribution in [1.29, 1.82) is 0 Å². The summed E-state index contributed by atoms with van der Waals surface area (Å²) in [7, 11) is 0. The van der Waals surface area contributed by atoms with Gasteiger partial charge in [-0.1, -0.05) is 23.7 Å². The molecule has 0 bridgehead atoms. The highest BCUT2D eigenvalue weighted by molar-refractivity contribution is 6.30. The zero-order valence-corrected chi connectivity index (χ0v) is 11.2. The van der Waals surface area contributed by atoms with Crippen LogP contribution in [0.2, 0.25) is 5.02 Å². The predicted octanol–water partition coefficient (Wildman–Crippen LogP) is 2.30. The second kappa shape index (κ2) is 5.55. The molecule has 4 heteroatoms. The second-order valence-corrected chi connectivity index (χ2v) is 5.11. The third-order valence-corrected chi connectivity index (χ3v) is 3.39. The third-order valence-electron chi connectivity index (χ3n) is 3.16. The zero-order valence-electron chi connectivity index (χ0n) is 10.4. The van der Waals surface area contributed by atoms with E-state index in [2.05, 4.69) is 0 Å².